The van der Waals surface area contributed by atoms with E-state index >= 15 is 0 Å². The fourth-order valence-electron chi connectivity index (χ4n) is 4.77. The van der Waals surface area contributed by atoms with Crippen LogP contribution in [0.5, 0.6) is 0 Å². The molecule has 0 heterocycles. The van der Waals surface area contributed by atoms with Gasteiger partial charge >= 0.3 is 0 Å². The summed E-state index contributed by atoms with van der Waals surface area (Å²) >= 11 is 0. The predicted octanol–water partition coefficient (Wildman–Crippen LogP) is 7.60. The van der Waals surface area contributed by atoms with Gasteiger partial charge in [-0.3, -0.25) is 4.79 Å². The van der Waals surface area contributed by atoms with Crippen molar-refractivity contribution in [3.63, 3.8) is 0 Å². The smallest absolute Gasteiger partial charge is 0.192 e. The van der Waals surface area contributed by atoms with Gasteiger partial charge in [0.05, 0.1) is 5.60 Å². The summed E-state index contributed by atoms with van der Waals surface area (Å²) in [7, 11) is 0. The van der Waals surface area contributed by atoms with Gasteiger partial charge in [0, 0.05) is 6.61 Å². The number of Topliss-reactive ketones (excluding diaryl/α,β-unsaturated/α-hetero) is 1. The number of hydrogen-bond acceptors (Lipinski definition) is 3. The van der Waals surface area contributed by atoms with Crippen LogP contribution in [-0.4, -0.2) is 29.7 Å². The Morgan fingerprint density at radius 3 is 1.62 bits per heavy atom. The first-order valence-corrected chi connectivity index (χ1v) is 11.7. The highest BCUT2D eigenvalue weighted by Gasteiger charge is 2.48. The average molecular weight is 413 g/mol. The first-order valence-electron chi connectivity index (χ1n) is 11.7. The largest absolute Gasteiger partial charge is 0.367 e. The molecule has 3 heteroatoms. The maximum Gasteiger partial charge on any atom is 0.192 e. The van der Waals surface area contributed by atoms with Crippen LogP contribution in [-0.2, 0) is 14.3 Å². The summed E-state index contributed by atoms with van der Waals surface area (Å²) in [5.41, 5.74) is -0.791. The van der Waals surface area contributed by atoms with Gasteiger partial charge in [0.25, 0.3) is 0 Å². The number of hydrogen-bond donors (Lipinski definition) is 0. The molecule has 0 saturated heterocycles. The van der Waals surface area contributed by atoms with E-state index in [0.29, 0.717) is 13.0 Å². The van der Waals surface area contributed by atoms with Gasteiger partial charge in [-0.15, -0.1) is 0 Å². The zero-order valence-corrected chi connectivity index (χ0v) is 22.0. The van der Waals surface area contributed by atoms with Gasteiger partial charge in [-0.25, -0.2) is 0 Å². The van der Waals surface area contributed by atoms with Gasteiger partial charge < -0.3 is 9.47 Å². The van der Waals surface area contributed by atoms with Crippen molar-refractivity contribution in [2.45, 2.75) is 139 Å². The summed E-state index contributed by atoms with van der Waals surface area (Å²) in [6.45, 7) is 28.8. The quantitative estimate of drug-likeness (QED) is 0.331. The minimum Gasteiger partial charge on any atom is -0.367 e. The molecule has 0 saturated carbocycles. The molecule has 2 atom stereocenters. The third-order valence-electron chi connectivity index (χ3n) is 6.59. The molecular weight excluding hydrogens is 360 g/mol. The van der Waals surface area contributed by atoms with Crippen LogP contribution in [0.15, 0.2) is 0 Å². The maximum atomic E-state index is 13.4. The van der Waals surface area contributed by atoms with Gasteiger partial charge in [0.2, 0.25) is 0 Å². The molecule has 0 aliphatic heterocycles. The lowest BCUT2D eigenvalue weighted by molar-refractivity contribution is -0.189. The second-order valence-corrected chi connectivity index (χ2v) is 12.2. The Hall–Kier alpha value is -0.410. The number of ketones is 1. The van der Waals surface area contributed by atoms with Gasteiger partial charge in [0.15, 0.2) is 5.78 Å². The van der Waals surface area contributed by atoms with Crippen molar-refractivity contribution in [1.29, 1.82) is 0 Å². The van der Waals surface area contributed by atoms with Gasteiger partial charge in [-0.2, -0.15) is 0 Å². The van der Waals surface area contributed by atoms with Crippen LogP contribution in [0.3, 0.4) is 0 Å². The fraction of sp³-hybridized carbons (Fsp3) is 0.962. The van der Waals surface area contributed by atoms with Crippen LogP contribution in [0.2, 0.25) is 0 Å². The van der Waals surface area contributed by atoms with E-state index in [2.05, 4.69) is 69.2 Å². The van der Waals surface area contributed by atoms with Crippen LogP contribution in [0, 0.1) is 16.2 Å². The van der Waals surface area contributed by atoms with Crippen LogP contribution in [0.4, 0.5) is 0 Å². The summed E-state index contributed by atoms with van der Waals surface area (Å²) in [6, 6.07) is 0. The third-order valence-corrected chi connectivity index (χ3v) is 6.59. The highest BCUT2D eigenvalue weighted by atomic mass is 16.5. The van der Waals surface area contributed by atoms with Crippen molar-refractivity contribution in [3.8, 4) is 0 Å². The minimum absolute atomic E-state index is 0.0427. The number of carbonyl (C=O) groups excluding carboxylic acids is 1. The molecule has 0 aromatic carbocycles. The van der Waals surface area contributed by atoms with Crippen LogP contribution in [0.1, 0.15) is 122 Å². The lowest BCUT2D eigenvalue weighted by atomic mass is 9.64. The zero-order chi connectivity index (χ0) is 23.3. The minimum atomic E-state index is -0.800. The summed E-state index contributed by atoms with van der Waals surface area (Å²) in [4.78, 5) is 13.4. The zero-order valence-electron chi connectivity index (χ0n) is 22.0. The Kier molecular flexibility index (Phi) is 10.1. The first-order chi connectivity index (χ1) is 12.9. The molecule has 0 aliphatic rings. The molecule has 0 bridgehead atoms. The molecule has 29 heavy (non-hydrogen) atoms. The van der Waals surface area contributed by atoms with E-state index in [0.717, 1.165) is 25.7 Å². The standard InChI is InChI=1S/C26H52O3/c1-14-25(13,28-18-17-22(5,6)7)21(27)20(4)29-26(15-2,16-3)24(11,12)19-23(8,9)10/h20H,14-19H2,1-13H3. The maximum absolute atomic E-state index is 13.4. The van der Waals surface area contributed by atoms with E-state index in [9.17, 15) is 4.79 Å². The van der Waals surface area contributed by atoms with Gasteiger partial charge in [-0.1, -0.05) is 76.2 Å². The molecule has 0 spiro atoms. The normalized spacial score (nSPS) is 17.1. The van der Waals surface area contributed by atoms with E-state index in [1.807, 2.05) is 20.8 Å². The summed E-state index contributed by atoms with van der Waals surface area (Å²) < 4.78 is 12.8. The van der Waals surface area contributed by atoms with Crippen molar-refractivity contribution in [3.05, 3.63) is 0 Å². The molecular formula is C26H52O3. The first kappa shape index (κ1) is 28.6. The van der Waals surface area contributed by atoms with E-state index < -0.39 is 11.7 Å². The average Bonchev–Trinajstić information content (AvgIpc) is 2.55. The molecule has 0 radical (unpaired) electrons. The van der Waals surface area contributed by atoms with Crippen molar-refractivity contribution in [2.75, 3.05) is 6.61 Å². The van der Waals surface area contributed by atoms with E-state index in [4.69, 9.17) is 9.47 Å². The number of rotatable bonds is 12. The van der Waals surface area contributed by atoms with Crippen LogP contribution in [0.25, 0.3) is 0 Å². The second-order valence-electron chi connectivity index (χ2n) is 12.2. The number of carbonyl (C=O) groups is 1. The highest BCUT2D eigenvalue weighted by Crippen LogP contribution is 2.47. The van der Waals surface area contributed by atoms with Crippen molar-refractivity contribution in [2.24, 2.45) is 16.2 Å². The Morgan fingerprint density at radius 2 is 1.28 bits per heavy atom. The van der Waals surface area contributed by atoms with E-state index in [1.165, 1.54) is 0 Å². The molecule has 0 rings (SSSR count). The van der Waals surface area contributed by atoms with Crippen molar-refractivity contribution < 1.29 is 14.3 Å². The molecule has 174 valence electrons. The molecule has 2 unspecified atom stereocenters. The molecule has 0 amide bonds. The van der Waals surface area contributed by atoms with Gasteiger partial charge in [-0.05, 0) is 62.2 Å². The van der Waals surface area contributed by atoms with Gasteiger partial charge in [0.1, 0.15) is 11.7 Å². The van der Waals surface area contributed by atoms with E-state index in [-0.39, 0.29) is 27.6 Å². The SMILES string of the molecule is CCC(C)(OCCC(C)(C)C)C(=O)C(C)OC(CC)(CC)C(C)(C)CC(C)(C)C. The molecule has 0 aromatic heterocycles. The van der Waals surface area contributed by atoms with Crippen molar-refractivity contribution in [1.82, 2.24) is 0 Å². The highest BCUT2D eigenvalue weighted by molar-refractivity contribution is 5.90. The third kappa shape index (κ3) is 8.32. The number of ether oxygens (including phenoxy) is 2. The lowest BCUT2D eigenvalue weighted by Crippen LogP contribution is -2.53. The summed E-state index contributed by atoms with van der Waals surface area (Å²) in [6.07, 6.45) is 3.90. The Bertz CT molecular complexity index is 503. The van der Waals surface area contributed by atoms with Crippen molar-refractivity contribution >= 4 is 5.78 Å². The molecule has 3 nitrogen and oxygen atoms in total. The second kappa shape index (κ2) is 10.3. The lowest BCUT2D eigenvalue weighted by Gasteiger charge is -2.50. The Labute approximate surface area is 182 Å². The summed E-state index contributed by atoms with van der Waals surface area (Å²) in [5.74, 6) is 0.0618. The Balaban J connectivity index is 5.53. The molecule has 0 fully saturated rings. The summed E-state index contributed by atoms with van der Waals surface area (Å²) in [5, 5.41) is 0. The molecule has 0 aromatic rings. The van der Waals surface area contributed by atoms with E-state index in [1.54, 1.807) is 0 Å². The fourth-order valence-corrected chi connectivity index (χ4v) is 4.77. The van der Waals surface area contributed by atoms with Crippen LogP contribution >= 0.6 is 0 Å². The predicted molar refractivity (Wildman–Crippen MR) is 125 cm³/mol. The molecule has 0 aliphatic carbocycles. The Morgan fingerprint density at radius 1 is 0.793 bits per heavy atom. The topological polar surface area (TPSA) is 35.5 Å². The van der Waals surface area contributed by atoms with Crippen LogP contribution < -0.4 is 0 Å². The molecule has 0 N–H and O–H groups in total. The monoisotopic (exact) mass is 412 g/mol.